The van der Waals surface area contributed by atoms with Crippen LogP contribution in [-0.4, -0.2) is 59.8 Å². The van der Waals surface area contributed by atoms with Crippen molar-refractivity contribution in [2.75, 3.05) is 26.2 Å². The van der Waals surface area contributed by atoms with E-state index in [9.17, 15) is 19.2 Å². The molecule has 8 heteroatoms. The molecule has 1 aromatic rings. The third-order valence-corrected chi connectivity index (χ3v) is 4.17. The fraction of sp³-hybridized carbons (Fsp3) is 0.444. The molecule has 0 unspecified atom stereocenters. The van der Waals surface area contributed by atoms with Gasteiger partial charge in [-0.15, -0.1) is 5.06 Å². The molecule has 1 aliphatic rings. The van der Waals surface area contributed by atoms with Gasteiger partial charge in [-0.05, 0) is 37.4 Å². The Labute approximate surface area is 152 Å². The zero-order valence-electron chi connectivity index (χ0n) is 15.0. The molecular formula is C18H23N3O5. The van der Waals surface area contributed by atoms with Gasteiger partial charge in [-0.2, -0.15) is 0 Å². The van der Waals surface area contributed by atoms with E-state index in [1.807, 2.05) is 0 Å². The summed E-state index contributed by atoms with van der Waals surface area (Å²) in [6, 6.07) is 5.84. The predicted molar refractivity (Wildman–Crippen MR) is 93.1 cm³/mol. The average molecular weight is 361 g/mol. The quantitative estimate of drug-likeness (QED) is 0.694. The lowest BCUT2D eigenvalue weighted by atomic mass is 10.1. The summed E-state index contributed by atoms with van der Waals surface area (Å²) in [5.74, 6) is -2.12. The van der Waals surface area contributed by atoms with Crippen molar-refractivity contribution in [3.63, 3.8) is 0 Å². The second-order valence-electron chi connectivity index (χ2n) is 5.82. The van der Waals surface area contributed by atoms with Crippen molar-refractivity contribution in [1.29, 1.82) is 0 Å². The molecule has 1 N–H and O–H groups in total. The van der Waals surface area contributed by atoms with Crippen molar-refractivity contribution in [3.8, 4) is 0 Å². The molecule has 0 aromatic heterocycles. The van der Waals surface area contributed by atoms with E-state index in [-0.39, 0.29) is 24.3 Å². The molecule has 1 aliphatic heterocycles. The minimum atomic E-state index is -0.818. The van der Waals surface area contributed by atoms with Crippen LogP contribution in [0, 0.1) is 0 Å². The van der Waals surface area contributed by atoms with Crippen molar-refractivity contribution in [3.05, 3.63) is 35.4 Å². The van der Waals surface area contributed by atoms with E-state index in [1.165, 1.54) is 24.3 Å². The number of amides is 3. The Bertz CT molecular complexity index is 667. The Balaban J connectivity index is 1.88. The number of hydrogen-bond donors (Lipinski definition) is 1. The summed E-state index contributed by atoms with van der Waals surface area (Å²) in [7, 11) is 0. The van der Waals surface area contributed by atoms with Crippen LogP contribution in [-0.2, 0) is 14.4 Å². The van der Waals surface area contributed by atoms with Crippen LogP contribution in [0.5, 0.6) is 0 Å². The van der Waals surface area contributed by atoms with Gasteiger partial charge in [0.25, 0.3) is 17.7 Å². The van der Waals surface area contributed by atoms with Gasteiger partial charge in [-0.3, -0.25) is 14.4 Å². The maximum Gasteiger partial charge on any atom is 0.363 e. The average Bonchev–Trinajstić information content (AvgIpc) is 2.97. The first-order valence-corrected chi connectivity index (χ1v) is 8.65. The Morgan fingerprint density at radius 2 is 1.58 bits per heavy atom. The molecule has 0 bridgehead atoms. The molecule has 0 radical (unpaired) electrons. The lowest BCUT2D eigenvalue weighted by Crippen LogP contribution is -2.34. The third-order valence-electron chi connectivity index (χ3n) is 4.17. The second kappa shape index (κ2) is 9.10. The van der Waals surface area contributed by atoms with E-state index in [0.29, 0.717) is 17.2 Å². The molecule has 0 saturated carbocycles. The first-order chi connectivity index (χ1) is 12.5. The smallest absolute Gasteiger partial charge is 0.351 e. The molecule has 0 aliphatic carbocycles. The van der Waals surface area contributed by atoms with Crippen molar-refractivity contribution in [2.24, 2.45) is 0 Å². The molecule has 0 atom stereocenters. The standard InChI is InChI=1S/C18H23N3O5/c1-3-20(4-2)12-11-19-17(24)13-5-7-14(8-6-13)18(25)26-21-15(22)9-10-16(21)23/h5-8H,3-4,9-12H2,1-2H3,(H,19,24). The SMILES string of the molecule is CCN(CC)CCNC(=O)c1ccc(C(=O)ON2C(=O)CCC2=O)cc1. The van der Waals surface area contributed by atoms with Gasteiger partial charge in [0.2, 0.25) is 0 Å². The van der Waals surface area contributed by atoms with Crippen molar-refractivity contribution < 1.29 is 24.0 Å². The van der Waals surface area contributed by atoms with E-state index in [0.717, 1.165) is 19.6 Å². The number of carbonyl (C=O) groups excluding carboxylic acids is 4. The van der Waals surface area contributed by atoms with Gasteiger partial charge < -0.3 is 15.1 Å². The van der Waals surface area contributed by atoms with E-state index < -0.39 is 17.8 Å². The summed E-state index contributed by atoms with van der Waals surface area (Å²) in [6.45, 7) is 7.26. The van der Waals surface area contributed by atoms with Crippen LogP contribution in [0.4, 0.5) is 0 Å². The van der Waals surface area contributed by atoms with Gasteiger partial charge in [0.05, 0.1) is 5.56 Å². The molecule has 1 aromatic carbocycles. The molecule has 1 saturated heterocycles. The topological polar surface area (TPSA) is 96.0 Å². The molecule has 1 fully saturated rings. The molecule has 1 heterocycles. The summed E-state index contributed by atoms with van der Waals surface area (Å²) < 4.78 is 0. The van der Waals surface area contributed by atoms with Gasteiger partial charge in [-0.1, -0.05) is 13.8 Å². The van der Waals surface area contributed by atoms with Gasteiger partial charge >= 0.3 is 5.97 Å². The monoisotopic (exact) mass is 361 g/mol. The predicted octanol–water partition coefficient (Wildman–Crippen LogP) is 0.979. The van der Waals surface area contributed by atoms with Crippen molar-refractivity contribution >= 4 is 23.7 Å². The number of hydrogen-bond acceptors (Lipinski definition) is 6. The second-order valence-corrected chi connectivity index (χ2v) is 5.82. The zero-order valence-corrected chi connectivity index (χ0v) is 15.0. The highest BCUT2D eigenvalue weighted by Crippen LogP contribution is 2.14. The van der Waals surface area contributed by atoms with Crippen molar-refractivity contribution in [2.45, 2.75) is 26.7 Å². The van der Waals surface area contributed by atoms with Crippen LogP contribution in [0.15, 0.2) is 24.3 Å². The van der Waals surface area contributed by atoms with Crippen LogP contribution in [0.3, 0.4) is 0 Å². The molecule has 8 nitrogen and oxygen atoms in total. The lowest BCUT2D eigenvalue weighted by molar-refractivity contribution is -0.172. The van der Waals surface area contributed by atoms with Gasteiger partial charge in [0.15, 0.2) is 0 Å². The van der Waals surface area contributed by atoms with Crippen LogP contribution in [0.1, 0.15) is 47.4 Å². The summed E-state index contributed by atoms with van der Waals surface area (Å²) >= 11 is 0. The first-order valence-electron chi connectivity index (χ1n) is 8.65. The molecule has 3 amide bonds. The van der Waals surface area contributed by atoms with E-state index >= 15 is 0 Å². The van der Waals surface area contributed by atoms with Crippen LogP contribution >= 0.6 is 0 Å². The molecular weight excluding hydrogens is 338 g/mol. The third kappa shape index (κ3) is 4.89. The molecule has 2 rings (SSSR count). The summed E-state index contributed by atoms with van der Waals surface area (Å²) in [5.41, 5.74) is 0.562. The van der Waals surface area contributed by atoms with Crippen LogP contribution in [0.2, 0.25) is 0 Å². The Morgan fingerprint density at radius 1 is 1.04 bits per heavy atom. The van der Waals surface area contributed by atoms with E-state index in [2.05, 4.69) is 24.1 Å². The number of carbonyl (C=O) groups is 4. The fourth-order valence-corrected chi connectivity index (χ4v) is 2.52. The highest BCUT2D eigenvalue weighted by atomic mass is 16.7. The van der Waals surface area contributed by atoms with Crippen LogP contribution in [0.25, 0.3) is 0 Å². The lowest BCUT2D eigenvalue weighted by Gasteiger charge is -2.18. The molecule has 26 heavy (non-hydrogen) atoms. The number of hydroxylamine groups is 2. The summed E-state index contributed by atoms with van der Waals surface area (Å²) in [6.07, 6.45) is 0.0808. The highest BCUT2D eigenvalue weighted by molar-refractivity contribution is 6.03. The first kappa shape index (κ1) is 19.6. The van der Waals surface area contributed by atoms with Gasteiger partial charge in [0.1, 0.15) is 0 Å². The Kier molecular flexibility index (Phi) is 6.85. The summed E-state index contributed by atoms with van der Waals surface area (Å²) in [5, 5.41) is 3.32. The normalized spacial score (nSPS) is 14.0. The van der Waals surface area contributed by atoms with E-state index in [1.54, 1.807) is 0 Å². The van der Waals surface area contributed by atoms with Crippen LogP contribution < -0.4 is 5.32 Å². The minimum absolute atomic E-state index is 0.0404. The molecule has 140 valence electrons. The maximum atomic E-state index is 12.1. The van der Waals surface area contributed by atoms with Gasteiger partial charge in [-0.25, -0.2) is 4.79 Å². The largest absolute Gasteiger partial charge is 0.363 e. The number of likely N-dealkylation sites (N-methyl/N-ethyl adjacent to an activating group) is 1. The number of rotatable bonds is 8. The number of imide groups is 1. The minimum Gasteiger partial charge on any atom is -0.351 e. The Morgan fingerprint density at radius 3 is 2.12 bits per heavy atom. The Hall–Kier alpha value is -2.74. The zero-order chi connectivity index (χ0) is 19.1. The highest BCUT2D eigenvalue weighted by Gasteiger charge is 2.33. The number of benzene rings is 1. The maximum absolute atomic E-state index is 12.1. The fourth-order valence-electron chi connectivity index (χ4n) is 2.52. The molecule has 0 spiro atoms. The van der Waals surface area contributed by atoms with Crippen molar-refractivity contribution in [1.82, 2.24) is 15.3 Å². The number of nitrogens with one attached hydrogen (secondary N) is 1. The summed E-state index contributed by atoms with van der Waals surface area (Å²) in [4.78, 5) is 54.1. The van der Waals surface area contributed by atoms with E-state index in [4.69, 9.17) is 4.84 Å². The van der Waals surface area contributed by atoms with Gasteiger partial charge in [0, 0.05) is 31.5 Å². The number of nitrogens with zero attached hydrogens (tertiary/aromatic N) is 2.